The third-order valence-corrected chi connectivity index (χ3v) is 5.56. The topological polar surface area (TPSA) is 115 Å². The van der Waals surface area contributed by atoms with Gasteiger partial charge in [0.1, 0.15) is 5.25 Å². The molecule has 0 saturated heterocycles. The highest BCUT2D eigenvalue weighted by molar-refractivity contribution is 8.14. The van der Waals surface area contributed by atoms with E-state index in [-0.39, 0.29) is 22.1 Å². The third kappa shape index (κ3) is 5.08. The molecule has 1 rings (SSSR count). The predicted octanol–water partition coefficient (Wildman–Crippen LogP) is 2.83. The summed E-state index contributed by atoms with van der Waals surface area (Å²) in [5.74, 6) is -0.160. The molecule has 0 saturated carbocycles. The van der Waals surface area contributed by atoms with Crippen LogP contribution >= 0.6 is 11.8 Å². The zero-order valence-electron chi connectivity index (χ0n) is 12.3. The molecule has 0 fully saturated rings. The van der Waals surface area contributed by atoms with Gasteiger partial charge < -0.3 is 0 Å². The molecule has 0 heterocycles. The van der Waals surface area contributed by atoms with E-state index in [1.807, 2.05) is 0 Å². The zero-order chi connectivity index (χ0) is 17.1. The Kier molecular flexibility index (Phi) is 5.71. The van der Waals surface area contributed by atoms with E-state index in [1.165, 1.54) is 12.1 Å². The van der Waals surface area contributed by atoms with Gasteiger partial charge in [0.2, 0.25) is 0 Å². The number of thioether (sulfide) groups is 1. The van der Waals surface area contributed by atoms with Crippen LogP contribution in [0, 0.1) is 15.5 Å². The minimum atomic E-state index is -4.44. The Balaban J connectivity index is 3.00. The van der Waals surface area contributed by atoms with Crippen molar-refractivity contribution in [2.24, 2.45) is 5.41 Å². The van der Waals surface area contributed by atoms with E-state index >= 15 is 0 Å². The highest BCUT2D eigenvalue weighted by Crippen LogP contribution is 2.31. The van der Waals surface area contributed by atoms with Crippen molar-refractivity contribution < 1.29 is 22.7 Å². The Labute approximate surface area is 133 Å². The maximum atomic E-state index is 11.9. The molecule has 22 heavy (non-hydrogen) atoms. The summed E-state index contributed by atoms with van der Waals surface area (Å²) in [7, 11) is -4.44. The first-order chi connectivity index (χ1) is 9.93. The minimum absolute atomic E-state index is 0.160. The van der Waals surface area contributed by atoms with Crippen LogP contribution in [0.15, 0.2) is 24.3 Å². The molecule has 0 amide bonds. The molecule has 7 nitrogen and oxygen atoms in total. The standard InChI is InChI=1S/C13H17NO6S2/c1-13(2,3)12(15)21-8-11(22(18,19)20)9-4-6-10(7-5-9)14(16)17/h4-7,11H,8H2,1-3H3,(H,18,19,20). The number of nitrogens with zero attached hydrogens (tertiary/aromatic N) is 1. The molecule has 0 aliphatic heterocycles. The van der Waals surface area contributed by atoms with E-state index < -0.39 is 25.7 Å². The van der Waals surface area contributed by atoms with Crippen LogP contribution in [0.4, 0.5) is 5.69 Å². The molecular formula is C13H17NO6S2. The lowest BCUT2D eigenvalue weighted by atomic mass is 10.00. The molecule has 0 bridgehead atoms. The van der Waals surface area contributed by atoms with Gasteiger partial charge in [-0.15, -0.1) is 0 Å². The number of benzene rings is 1. The predicted molar refractivity (Wildman–Crippen MR) is 84.3 cm³/mol. The van der Waals surface area contributed by atoms with Crippen LogP contribution in [-0.2, 0) is 14.9 Å². The summed E-state index contributed by atoms with van der Waals surface area (Å²) < 4.78 is 32.4. The van der Waals surface area contributed by atoms with Gasteiger partial charge in [0.15, 0.2) is 5.12 Å². The number of rotatable bonds is 5. The largest absolute Gasteiger partial charge is 0.287 e. The Morgan fingerprint density at radius 2 is 1.82 bits per heavy atom. The number of hydrogen-bond acceptors (Lipinski definition) is 6. The second kappa shape index (κ2) is 6.76. The van der Waals surface area contributed by atoms with Crippen molar-refractivity contribution in [3.63, 3.8) is 0 Å². The Morgan fingerprint density at radius 3 is 2.18 bits per heavy atom. The monoisotopic (exact) mass is 347 g/mol. The van der Waals surface area contributed by atoms with Gasteiger partial charge in [-0.3, -0.25) is 19.5 Å². The van der Waals surface area contributed by atoms with Gasteiger partial charge in [0.05, 0.1) is 4.92 Å². The second-order valence-electron chi connectivity index (χ2n) is 5.70. The van der Waals surface area contributed by atoms with Gasteiger partial charge in [-0.2, -0.15) is 8.42 Å². The van der Waals surface area contributed by atoms with Crippen molar-refractivity contribution in [3.8, 4) is 0 Å². The summed E-state index contributed by atoms with van der Waals surface area (Å²) >= 11 is 0.812. The molecule has 0 radical (unpaired) electrons. The van der Waals surface area contributed by atoms with Gasteiger partial charge in [-0.05, 0) is 5.56 Å². The Morgan fingerprint density at radius 1 is 1.32 bits per heavy atom. The maximum absolute atomic E-state index is 11.9. The fourth-order valence-electron chi connectivity index (χ4n) is 1.53. The van der Waals surface area contributed by atoms with Crippen LogP contribution in [0.2, 0.25) is 0 Å². The smallest absolute Gasteiger partial charge is 0.272 e. The Hall–Kier alpha value is -1.45. The maximum Gasteiger partial charge on any atom is 0.272 e. The number of nitro benzene ring substituents is 1. The average Bonchev–Trinajstić information content (AvgIpc) is 2.36. The first-order valence-corrected chi connectivity index (χ1v) is 8.79. The lowest BCUT2D eigenvalue weighted by Crippen LogP contribution is -2.20. The van der Waals surface area contributed by atoms with Gasteiger partial charge in [0, 0.05) is 23.3 Å². The van der Waals surface area contributed by atoms with Crippen LogP contribution < -0.4 is 0 Å². The average molecular weight is 347 g/mol. The molecule has 1 unspecified atom stereocenters. The highest BCUT2D eigenvalue weighted by atomic mass is 32.2. The van der Waals surface area contributed by atoms with Crippen molar-refractivity contribution in [3.05, 3.63) is 39.9 Å². The van der Waals surface area contributed by atoms with E-state index in [4.69, 9.17) is 0 Å². The SMILES string of the molecule is CC(C)(C)C(=O)SCC(c1ccc([N+](=O)[O-])cc1)S(=O)(=O)O. The van der Waals surface area contributed by atoms with Gasteiger partial charge in [0.25, 0.3) is 15.8 Å². The molecule has 1 aromatic carbocycles. The van der Waals surface area contributed by atoms with E-state index in [0.29, 0.717) is 0 Å². The van der Waals surface area contributed by atoms with Gasteiger partial charge in [-0.25, -0.2) is 0 Å². The van der Waals surface area contributed by atoms with Crippen LogP contribution in [0.25, 0.3) is 0 Å². The van der Waals surface area contributed by atoms with E-state index in [1.54, 1.807) is 20.8 Å². The minimum Gasteiger partial charge on any atom is -0.287 e. The molecule has 9 heteroatoms. The summed E-state index contributed by atoms with van der Waals surface area (Å²) in [5, 5.41) is 9.07. The summed E-state index contributed by atoms with van der Waals surface area (Å²) in [4.78, 5) is 21.9. The zero-order valence-corrected chi connectivity index (χ0v) is 14.0. The molecular weight excluding hydrogens is 330 g/mol. The van der Waals surface area contributed by atoms with E-state index in [2.05, 4.69) is 0 Å². The first-order valence-electron chi connectivity index (χ1n) is 6.31. The van der Waals surface area contributed by atoms with Crippen molar-refractivity contribution in [2.75, 3.05) is 5.75 Å². The molecule has 1 aromatic rings. The van der Waals surface area contributed by atoms with Crippen molar-refractivity contribution in [1.29, 1.82) is 0 Å². The molecule has 0 aromatic heterocycles. The lowest BCUT2D eigenvalue weighted by Gasteiger charge is -2.18. The van der Waals surface area contributed by atoms with Crippen LogP contribution in [-0.4, -0.2) is 28.8 Å². The fraction of sp³-hybridized carbons (Fsp3) is 0.462. The molecule has 1 atom stereocenters. The Bertz CT molecular complexity index is 661. The van der Waals surface area contributed by atoms with Gasteiger partial charge in [-0.1, -0.05) is 44.7 Å². The first kappa shape index (κ1) is 18.6. The molecule has 0 aliphatic rings. The molecule has 0 aliphatic carbocycles. The quantitative estimate of drug-likeness (QED) is 0.494. The summed E-state index contributed by atoms with van der Waals surface area (Å²) in [6.45, 7) is 5.12. The van der Waals surface area contributed by atoms with Crippen LogP contribution in [0.3, 0.4) is 0 Å². The lowest BCUT2D eigenvalue weighted by molar-refractivity contribution is -0.384. The molecule has 0 spiro atoms. The van der Waals surface area contributed by atoms with Crippen molar-refractivity contribution in [1.82, 2.24) is 0 Å². The normalized spacial score (nSPS) is 13.6. The van der Waals surface area contributed by atoms with Crippen molar-refractivity contribution in [2.45, 2.75) is 26.0 Å². The molecule has 1 N–H and O–H groups in total. The number of carbonyl (C=O) groups excluding carboxylic acids is 1. The number of hydrogen-bond donors (Lipinski definition) is 1. The number of nitro groups is 1. The van der Waals surface area contributed by atoms with E-state index in [0.717, 1.165) is 23.9 Å². The highest BCUT2D eigenvalue weighted by Gasteiger charge is 2.29. The van der Waals surface area contributed by atoms with Gasteiger partial charge >= 0.3 is 0 Å². The number of non-ortho nitro benzene ring substituents is 1. The number of carbonyl (C=O) groups is 1. The summed E-state index contributed by atoms with van der Waals surface area (Å²) in [5.41, 5.74) is -0.622. The summed E-state index contributed by atoms with van der Waals surface area (Å²) in [6.07, 6.45) is 0. The summed E-state index contributed by atoms with van der Waals surface area (Å²) in [6, 6.07) is 4.84. The van der Waals surface area contributed by atoms with E-state index in [9.17, 15) is 27.9 Å². The molecule has 122 valence electrons. The fourth-order valence-corrected chi connectivity index (χ4v) is 3.85. The third-order valence-electron chi connectivity index (χ3n) is 2.81. The van der Waals surface area contributed by atoms with Crippen LogP contribution in [0.5, 0.6) is 0 Å². The van der Waals surface area contributed by atoms with Crippen molar-refractivity contribution >= 4 is 32.7 Å². The van der Waals surface area contributed by atoms with Crippen LogP contribution in [0.1, 0.15) is 31.6 Å². The second-order valence-corrected chi connectivity index (χ2v) is 8.29.